The van der Waals surface area contributed by atoms with Gasteiger partial charge in [-0.15, -0.1) is 11.3 Å². The number of ether oxygens (including phenoxy) is 2. The van der Waals surface area contributed by atoms with Crippen LogP contribution in [0.4, 0.5) is 4.79 Å². The zero-order chi connectivity index (χ0) is 22.5. The smallest absolute Gasteiger partial charge is 0.409 e. The highest BCUT2D eigenvalue weighted by molar-refractivity contribution is 7.99. The fourth-order valence-electron chi connectivity index (χ4n) is 4.06. The van der Waals surface area contributed by atoms with E-state index in [4.69, 9.17) is 14.5 Å². The van der Waals surface area contributed by atoms with E-state index in [-0.39, 0.29) is 35.5 Å². The molecule has 1 atom stereocenters. The molecule has 1 unspecified atom stereocenters. The van der Waals surface area contributed by atoms with Crippen LogP contribution >= 0.6 is 23.1 Å². The van der Waals surface area contributed by atoms with Crippen molar-refractivity contribution < 1.29 is 19.1 Å². The second kappa shape index (κ2) is 10.7. The Balaban J connectivity index is 1.46. The number of amides is 2. The van der Waals surface area contributed by atoms with Gasteiger partial charge in [0.05, 0.1) is 24.0 Å². The molecule has 4 heterocycles. The number of fused-ring (bicyclic) bond motifs is 1. The van der Waals surface area contributed by atoms with E-state index in [0.29, 0.717) is 54.5 Å². The molecule has 0 spiro atoms. The third-order valence-corrected chi connectivity index (χ3v) is 7.56. The summed E-state index contributed by atoms with van der Waals surface area (Å²) in [5.41, 5.74) is 0.573. The number of aromatic nitrogens is 2. The monoisotopic (exact) mass is 480 g/mol. The number of piperidine rings is 1. The normalized spacial score (nSPS) is 19.4. The highest BCUT2D eigenvalue weighted by atomic mass is 32.2. The first-order chi connectivity index (χ1) is 15.6. The minimum atomic E-state index is -0.317. The van der Waals surface area contributed by atoms with Crippen LogP contribution in [-0.2, 0) is 14.3 Å². The molecule has 0 saturated carbocycles. The van der Waals surface area contributed by atoms with Crippen molar-refractivity contribution in [2.75, 3.05) is 38.6 Å². The molecule has 2 saturated heterocycles. The number of hydrogen-bond donors (Lipinski definition) is 1. The first-order valence-corrected chi connectivity index (χ1v) is 12.9. The molecule has 4 rings (SSSR count). The number of hydrogen-bond acceptors (Lipinski definition) is 8. The van der Waals surface area contributed by atoms with Crippen molar-refractivity contribution in [1.29, 1.82) is 0 Å². The first kappa shape index (κ1) is 23.1. The summed E-state index contributed by atoms with van der Waals surface area (Å²) in [6.45, 7) is 4.42. The van der Waals surface area contributed by atoms with Gasteiger partial charge in [0.25, 0.3) is 5.56 Å². The van der Waals surface area contributed by atoms with Crippen LogP contribution in [0.1, 0.15) is 38.6 Å². The molecule has 11 heteroatoms. The number of thioether (sulfide) groups is 1. The summed E-state index contributed by atoms with van der Waals surface area (Å²) >= 11 is 2.65. The molecule has 9 nitrogen and oxygen atoms in total. The van der Waals surface area contributed by atoms with Gasteiger partial charge in [-0.05, 0) is 44.1 Å². The Kier molecular flexibility index (Phi) is 7.69. The summed E-state index contributed by atoms with van der Waals surface area (Å²) in [5, 5.41) is 5.32. The number of nitrogens with one attached hydrogen (secondary N) is 1. The number of rotatable bonds is 7. The molecular formula is C21H28N4O5S2. The van der Waals surface area contributed by atoms with Gasteiger partial charge in [-0.2, -0.15) is 0 Å². The molecular weight excluding hydrogens is 452 g/mol. The average molecular weight is 481 g/mol. The summed E-state index contributed by atoms with van der Waals surface area (Å²) in [5.74, 6) is 0.0741. The van der Waals surface area contributed by atoms with Crippen molar-refractivity contribution in [3.8, 4) is 0 Å². The third-order valence-electron chi connectivity index (χ3n) is 5.72. The first-order valence-electron chi connectivity index (χ1n) is 11.0. The van der Waals surface area contributed by atoms with E-state index in [1.807, 2.05) is 11.4 Å². The van der Waals surface area contributed by atoms with Crippen LogP contribution in [0, 0.1) is 0 Å². The highest BCUT2D eigenvalue weighted by Gasteiger charge is 2.28. The van der Waals surface area contributed by atoms with Crippen LogP contribution in [0.5, 0.6) is 0 Å². The predicted octanol–water partition coefficient (Wildman–Crippen LogP) is 2.64. The van der Waals surface area contributed by atoms with Crippen molar-refractivity contribution in [3.05, 3.63) is 21.8 Å². The summed E-state index contributed by atoms with van der Waals surface area (Å²) in [7, 11) is 0. The van der Waals surface area contributed by atoms with Gasteiger partial charge in [0.1, 0.15) is 4.70 Å². The zero-order valence-electron chi connectivity index (χ0n) is 18.1. The Labute approximate surface area is 194 Å². The van der Waals surface area contributed by atoms with Gasteiger partial charge >= 0.3 is 6.09 Å². The molecule has 0 aromatic carbocycles. The maximum absolute atomic E-state index is 13.3. The molecule has 2 aromatic rings. The van der Waals surface area contributed by atoms with Crippen molar-refractivity contribution in [3.63, 3.8) is 0 Å². The second-order valence-electron chi connectivity index (χ2n) is 7.85. The molecule has 2 aromatic heterocycles. The van der Waals surface area contributed by atoms with Crippen LogP contribution in [0.25, 0.3) is 10.2 Å². The average Bonchev–Trinajstić information content (AvgIpc) is 3.49. The molecule has 174 valence electrons. The van der Waals surface area contributed by atoms with Crippen molar-refractivity contribution in [1.82, 2.24) is 19.8 Å². The fraction of sp³-hybridized carbons (Fsp3) is 0.619. The number of nitrogens with zero attached hydrogens (tertiary/aromatic N) is 3. The largest absolute Gasteiger partial charge is 0.450 e. The standard InChI is InChI=1S/C21H28N4O5S2/c1-2-29-21(28)24-8-5-14(6-9-24)25-19(27)18-16(7-11-31-18)23-20(25)32-13-17(26)22-12-15-4-3-10-30-15/h7,11,14-15H,2-6,8-10,12-13H2,1H3,(H,22,26). The molecule has 2 fully saturated rings. The van der Waals surface area contributed by atoms with E-state index in [0.717, 1.165) is 19.4 Å². The lowest BCUT2D eigenvalue weighted by molar-refractivity contribution is -0.119. The molecule has 0 aliphatic carbocycles. The lowest BCUT2D eigenvalue weighted by atomic mass is 10.1. The summed E-state index contributed by atoms with van der Waals surface area (Å²) in [4.78, 5) is 44.0. The lowest BCUT2D eigenvalue weighted by Gasteiger charge is -2.32. The van der Waals surface area contributed by atoms with Crippen LogP contribution in [0.2, 0.25) is 0 Å². The molecule has 2 amide bonds. The van der Waals surface area contributed by atoms with Gasteiger partial charge in [0.2, 0.25) is 5.91 Å². The molecule has 0 radical (unpaired) electrons. The Bertz CT molecular complexity index is 1010. The van der Waals surface area contributed by atoms with E-state index < -0.39 is 0 Å². The number of carbonyl (C=O) groups is 2. The number of thiophene rings is 1. The quantitative estimate of drug-likeness (QED) is 0.480. The third kappa shape index (κ3) is 5.26. The molecule has 2 aliphatic heterocycles. The predicted molar refractivity (Wildman–Crippen MR) is 123 cm³/mol. The van der Waals surface area contributed by atoms with Gasteiger partial charge in [-0.1, -0.05) is 11.8 Å². The van der Waals surface area contributed by atoms with E-state index in [9.17, 15) is 14.4 Å². The number of carbonyl (C=O) groups excluding carboxylic acids is 2. The fourth-order valence-corrected chi connectivity index (χ4v) is 5.73. The molecule has 0 bridgehead atoms. The minimum Gasteiger partial charge on any atom is -0.450 e. The van der Waals surface area contributed by atoms with E-state index in [1.54, 1.807) is 16.4 Å². The Morgan fingerprint density at radius 2 is 2.16 bits per heavy atom. The molecule has 2 aliphatic rings. The molecule has 32 heavy (non-hydrogen) atoms. The second-order valence-corrected chi connectivity index (χ2v) is 9.71. The van der Waals surface area contributed by atoms with E-state index in [1.165, 1.54) is 23.1 Å². The SMILES string of the molecule is CCOC(=O)N1CCC(n2c(SCC(=O)NCC3CCCO3)nc3ccsc3c2=O)CC1. The van der Waals surface area contributed by atoms with Crippen molar-refractivity contribution in [2.24, 2.45) is 0 Å². The van der Waals surface area contributed by atoms with Crippen LogP contribution in [0.3, 0.4) is 0 Å². The minimum absolute atomic E-state index is 0.0790. The van der Waals surface area contributed by atoms with E-state index >= 15 is 0 Å². The van der Waals surface area contributed by atoms with Gasteiger partial charge < -0.3 is 19.7 Å². The maximum atomic E-state index is 13.3. The Morgan fingerprint density at radius 3 is 2.88 bits per heavy atom. The van der Waals surface area contributed by atoms with Gasteiger partial charge in [-0.3, -0.25) is 14.2 Å². The number of likely N-dealkylation sites (tertiary alicyclic amines) is 1. The van der Waals surface area contributed by atoms with Crippen LogP contribution < -0.4 is 10.9 Å². The summed E-state index contributed by atoms with van der Waals surface area (Å²) < 4.78 is 13.0. The Morgan fingerprint density at radius 1 is 1.34 bits per heavy atom. The van der Waals surface area contributed by atoms with Crippen LogP contribution in [0.15, 0.2) is 21.4 Å². The Hall–Kier alpha value is -2.11. The van der Waals surface area contributed by atoms with Crippen molar-refractivity contribution >= 4 is 45.3 Å². The topological polar surface area (TPSA) is 103 Å². The summed E-state index contributed by atoms with van der Waals surface area (Å²) in [6, 6.07) is 1.75. The van der Waals surface area contributed by atoms with Crippen molar-refractivity contribution in [2.45, 2.75) is 49.9 Å². The van der Waals surface area contributed by atoms with E-state index in [2.05, 4.69) is 5.32 Å². The van der Waals surface area contributed by atoms with Gasteiger partial charge in [-0.25, -0.2) is 9.78 Å². The maximum Gasteiger partial charge on any atom is 0.409 e. The van der Waals surface area contributed by atoms with Gasteiger partial charge in [0, 0.05) is 32.3 Å². The lowest BCUT2D eigenvalue weighted by Crippen LogP contribution is -2.41. The summed E-state index contributed by atoms with van der Waals surface area (Å²) in [6.07, 6.45) is 3.04. The zero-order valence-corrected chi connectivity index (χ0v) is 19.7. The highest BCUT2D eigenvalue weighted by Crippen LogP contribution is 2.28. The van der Waals surface area contributed by atoms with Gasteiger partial charge in [0.15, 0.2) is 5.16 Å². The molecule has 1 N–H and O–H groups in total. The van der Waals surface area contributed by atoms with Crippen LogP contribution in [-0.4, -0.2) is 71.2 Å².